The van der Waals surface area contributed by atoms with Crippen LogP contribution in [0.25, 0.3) is 0 Å². The Kier molecular flexibility index (Phi) is 5.87. The van der Waals surface area contributed by atoms with E-state index in [0.29, 0.717) is 0 Å². The van der Waals surface area contributed by atoms with E-state index >= 15 is 0 Å². The number of hydrogen-bond donors (Lipinski definition) is 1. The molecule has 0 spiro atoms. The third-order valence-corrected chi connectivity index (χ3v) is 6.43. The van der Waals surface area contributed by atoms with E-state index in [9.17, 15) is 5.11 Å². The SMILES string of the molecule is OC1(/C(=C/Sc2ccccc2)Sc2ccccc2)CCCCC1. The van der Waals surface area contributed by atoms with Crippen LogP contribution in [0.4, 0.5) is 0 Å². The van der Waals surface area contributed by atoms with E-state index in [2.05, 4.69) is 53.9 Å². The molecule has 0 radical (unpaired) electrons. The first-order valence-corrected chi connectivity index (χ1v) is 9.83. The summed E-state index contributed by atoms with van der Waals surface area (Å²) in [6, 6.07) is 20.7. The van der Waals surface area contributed by atoms with E-state index < -0.39 is 5.60 Å². The van der Waals surface area contributed by atoms with Gasteiger partial charge in [-0.3, -0.25) is 0 Å². The van der Waals surface area contributed by atoms with Crippen LogP contribution in [0.1, 0.15) is 32.1 Å². The van der Waals surface area contributed by atoms with Crippen molar-refractivity contribution in [3.63, 3.8) is 0 Å². The highest BCUT2D eigenvalue weighted by atomic mass is 32.2. The standard InChI is InChI=1S/C20H22OS2/c21-20(14-8-3-9-15-20)19(23-18-12-6-2-7-13-18)16-22-17-10-4-1-5-11-17/h1-2,4-7,10-13,16,21H,3,8-9,14-15H2/b19-16-. The minimum atomic E-state index is -0.666. The third kappa shape index (κ3) is 4.66. The van der Waals surface area contributed by atoms with Gasteiger partial charge in [0.2, 0.25) is 0 Å². The molecule has 2 aromatic carbocycles. The average molecular weight is 343 g/mol. The molecule has 1 N–H and O–H groups in total. The van der Waals surface area contributed by atoms with Crippen molar-refractivity contribution in [3.8, 4) is 0 Å². The van der Waals surface area contributed by atoms with Gasteiger partial charge in [0.15, 0.2) is 0 Å². The summed E-state index contributed by atoms with van der Waals surface area (Å²) in [6.07, 6.45) is 5.19. The Bertz CT molecular complexity index is 631. The van der Waals surface area contributed by atoms with Crippen molar-refractivity contribution < 1.29 is 5.11 Å². The van der Waals surface area contributed by atoms with E-state index in [0.717, 1.165) is 30.6 Å². The molecule has 3 heteroatoms. The lowest BCUT2D eigenvalue weighted by Gasteiger charge is -2.34. The highest BCUT2D eigenvalue weighted by molar-refractivity contribution is 8.06. The minimum Gasteiger partial charge on any atom is -0.385 e. The summed E-state index contributed by atoms with van der Waals surface area (Å²) in [5, 5.41) is 13.3. The Morgan fingerprint density at radius 2 is 1.39 bits per heavy atom. The van der Waals surface area contributed by atoms with Crippen molar-refractivity contribution >= 4 is 23.5 Å². The zero-order chi connectivity index (χ0) is 16.0. The van der Waals surface area contributed by atoms with Gasteiger partial charge >= 0.3 is 0 Å². The summed E-state index contributed by atoms with van der Waals surface area (Å²) in [6.45, 7) is 0. The molecule has 23 heavy (non-hydrogen) atoms. The first-order chi connectivity index (χ1) is 11.3. The largest absolute Gasteiger partial charge is 0.385 e. The number of hydrogen-bond acceptors (Lipinski definition) is 3. The van der Waals surface area contributed by atoms with E-state index in [1.54, 1.807) is 23.5 Å². The van der Waals surface area contributed by atoms with Crippen LogP contribution in [0.2, 0.25) is 0 Å². The molecule has 2 aromatic rings. The highest BCUT2D eigenvalue weighted by Gasteiger charge is 2.33. The van der Waals surface area contributed by atoms with Gasteiger partial charge in [0.1, 0.15) is 0 Å². The van der Waals surface area contributed by atoms with E-state index in [-0.39, 0.29) is 0 Å². The molecule has 1 nitrogen and oxygen atoms in total. The molecule has 1 fully saturated rings. The first kappa shape index (κ1) is 16.7. The molecule has 0 unspecified atom stereocenters. The molecule has 0 bridgehead atoms. The second kappa shape index (κ2) is 8.09. The summed E-state index contributed by atoms with van der Waals surface area (Å²) >= 11 is 3.40. The van der Waals surface area contributed by atoms with Crippen LogP contribution in [-0.2, 0) is 0 Å². The fourth-order valence-electron chi connectivity index (χ4n) is 2.85. The maximum atomic E-state index is 11.2. The summed E-state index contributed by atoms with van der Waals surface area (Å²) in [5.41, 5.74) is -0.666. The van der Waals surface area contributed by atoms with Gasteiger partial charge in [0, 0.05) is 14.7 Å². The molecular weight excluding hydrogens is 320 g/mol. The number of aliphatic hydroxyl groups is 1. The zero-order valence-electron chi connectivity index (χ0n) is 13.2. The Balaban J connectivity index is 1.83. The van der Waals surface area contributed by atoms with E-state index in [1.165, 1.54) is 16.2 Å². The molecule has 0 atom stereocenters. The van der Waals surface area contributed by atoms with Gasteiger partial charge in [-0.05, 0) is 42.5 Å². The van der Waals surface area contributed by atoms with Crippen molar-refractivity contribution in [2.45, 2.75) is 47.5 Å². The van der Waals surface area contributed by atoms with Crippen LogP contribution in [0.15, 0.2) is 80.8 Å². The highest BCUT2D eigenvalue weighted by Crippen LogP contribution is 2.44. The lowest BCUT2D eigenvalue weighted by molar-refractivity contribution is 0.0478. The summed E-state index contributed by atoms with van der Waals surface area (Å²) in [5.74, 6) is 0. The van der Waals surface area contributed by atoms with Crippen molar-refractivity contribution in [2.75, 3.05) is 0 Å². The van der Waals surface area contributed by atoms with Gasteiger partial charge < -0.3 is 5.11 Å². The molecule has 0 aliphatic heterocycles. The van der Waals surface area contributed by atoms with Crippen LogP contribution in [-0.4, -0.2) is 10.7 Å². The fraction of sp³-hybridized carbons (Fsp3) is 0.300. The smallest absolute Gasteiger partial charge is 0.0963 e. The topological polar surface area (TPSA) is 20.2 Å². The van der Waals surface area contributed by atoms with Crippen molar-refractivity contribution in [1.29, 1.82) is 0 Å². The monoisotopic (exact) mass is 342 g/mol. The predicted octanol–water partition coefficient (Wildman–Crippen LogP) is 6.11. The van der Waals surface area contributed by atoms with Gasteiger partial charge in [-0.2, -0.15) is 0 Å². The Morgan fingerprint density at radius 1 is 0.826 bits per heavy atom. The molecule has 120 valence electrons. The number of rotatable bonds is 5. The summed E-state index contributed by atoms with van der Waals surface area (Å²) in [7, 11) is 0. The number of thioether (sulfide) groups is 2. The van der Waals surface area contributed by atoms with Gasteiger partial charge in [0.25, 0.3) is 0 Å². The Morgan fingerprint density at radius 3 is 2.00 bits per heavy atom. The maximum Gasteiger partial charge on any atom is 0.0963 e. The molecular formula is C20H22OS2. The van der Waals surface area contributed by atoms with Gasteiger partial charge in [-0.25, -0.2) is 0 Å². The van der Waals surface area contributed by atoms with Crippen LogP contribution >= 0.6 is 23.5 Å². The van der Waals surface area contributed by atoms with Crippen LogP contribution in [0, 0.1) is 0 Å². The van der Waals surface area contributed by atoms with Crippen molar-refractivity contribution in [2.24, 2.45) is 0 Å². The summed E-state index contributed by atoms with van der Waals surface area (Å²) < 4.78 is 0. The van der Waals surface area contributed by atoms with Crippen LogP contribution in [0.3, 0.4) is 0 Å². The average Bonchev–Trinajstić information content (AvgIpc) is 2.61. The van der Waals surface area contributed by atoms with Crippen molar-refractivity contribution in [1.82, 2.24) is 0 Å². The molecule has 1 aliphatic carbocycles. The molecule has 0 aromatic heterocycles. The van der Waals surface area contributed by atoms with E-state index in [1.807, 2.05) is 12.1 Å². The molecule has 3 rings (SSSR count). The zero-order valence-corrected chi connectivity index (χ0v) is 14.8. The molecule has 1 aliphatic rings. The molecule has 0 amide bonds. The lowest BCUT2D eigenvalue weighted by atomic mass is 9.85. The second-order valence-corrected chi connectivity index (χ2v) is 7.98. The fourth-order valence-corrected chi connectivity index (χ4v) is 4.90. The Labute approximate surface area is 147 Å². The van der Waals surface area contributed by atoms with Gasteiger partial charge in [-0.15, -0.1) is 0 Å². The van der Waals surface area contributed by atoms with Gasteiger partial charge in [0.05, 0.1) is 5.60 Å². The lowest BCUT2D eigenvalue weighted by Crippen LogP contribution is -2.32. The van der Waals surface area contributed by atoms with Crippen LogP contribution in [0.5, 0.6) is 0 Å². The quantitative estimate of drug-likeness (QED) is 0.662. The normalized spacial score (nSPS) is 17.9. The molecule has 1 saturated carbocycles. The van der Waals surface area contributed by atoms with Gasteiger partial charge in [-0.1, -0.05) is 79.2 Å². The predicted molar refractivity (Wildman–Crippen MR) is 101 cm³/mol. The van der Waals surface area contributed by atoms with E-state index in [4.69, 9.17) is 0 Å². The Hall–Kier alpha value is -1.16. The summed E-state index contributed by atoms with van der Waals surface area (Å²) in [4.78, 5) is 3.47. The molecule has 0 heterocycles. The third-order valence-electron chi connectivity index (χ3n) is 4.16. The second-order valence-electron chi connectivity index (χ2n) is 5.92. The minimum absolute atomic E-state index is 0.666. The number of benzene rings is 2. The van der Waals surface area contributed by atoms with Crippen molar-refractivity contribution in [3.05, 3.63) is 71.0 Å². The van der Waals surface area contributed by atoms with Crippen LogP contribution < -0.4 is 0 Å². The first-order valence-electron chi connectivity index (χ1n) is 8.14. The molecule has 0 saturated heterocycles. The maximum absolute atomic E-state index is 11.2.